The summed E-state index contributed by atoms with van der Waals surface area (Å²) in [6, 6.07) is 8.53. The zero-order valence-corrected chi connectivity index (χ0v) is 10.6. The van der Waals surface area contributed by atoms with E-state index in [1.54, 1.807) is 22.7 Å². The quantitative estimate of drug-likeness (QED) is 0.898. The Morgan fingerprint density at radius 1 is 1.44 bits per heavy atom. The average molecular weight is 248 g/mol. The monoisotopic (exact) mass is 248 g/mol. The second-order valence-corrected chi connectivity index (χ2v) is 5.49. The molecule has 0 aliphatic heterocycles. The van der Waals surface area contributed by atoms with Gasteiger partial charge in [0.05, 0.1) is 0 Å². The lowest BCUT2D eigenvalue weighted by molar-refractivity contribution is 0.580. The first-order valence-electron chi connectivity index (χ1n) is 5.04. The Morgan fingerprint density at radius 2 is 2.31 bits per heavy atom. The van der Waals surface area contributed by atoms with Crippen molar-refractivity contribution in [3.05, 3.63) is 44.3 Å². The molecule has 0 aliphatic carbocycles. The summed E-state index contributed by atoms with van der Waals surface area (Å²) < 4.78 is 0. The van der Waals surface area contributed by atoms with Crippen molar-refractivity contribution in [1.82, 2.24) is 5.32 Å². The Balaban J connectivity index is 1.90. The first-order chi connectivity index (χ1) is 7.79. The Labute approximate surface area is 103 Å². The van der Waals surface area contributed by atoms with Crippen LogP contribution in [0.1, 0.15) is 28.3 Å². The molecule has 0 saturated heterocycles. The Morgan fingerprint density at radius 3 is 2.94 bits per heavy atom. The van der Waals surface area contributed by atoms with Crippen LogP contribution in [0.2, 0.25) is 0 Å². The maximum Gasteiger partial charge on any atom is 0.110 e. The van der Waals surface area contributed by atoms with E-state index < -0.39 is 0 Å². The molecule has 0 fully saturated rings. The predicted molar refractivity (Wildman–Crippen MR) is 68.6 cm³/mol. The van der Waals surface area contributed by atoms with Gasteiger partial charge >= 0.3 is 0 Å². The number of nitrogens with one attached hydrogen (secondary N) is 1. The summed E-state index contributed by atoms with van der Waals surface area (Å²) in [5.41, 5.74) is 1.32. The molecule has 82 valence electrons. The lowest BCUT2D eigenvalue weighted by Crippen LogP contribution is -2.16. The summed E-state index contributed by atoms with van der Waals surface area (Å²) in [6.45, 7) is 2.98. The Hall–Kier alpha value is -1.15. The van der Waals surface area contributed by atoms with Crippen LogP contribution in [-0.2, 0) is 6.54 Å². The van der Waals surface area contributed by atoms with Crippen LogP contribution in [0.15, 0.2) is 29.0 Å². The van der Waals surface area contributed by atoms with Crippen molar-refractivity contribution in [3.63, 3.8) is 0 Å². The van der Waals surface area contributed by atoms with E-state index in [-0.39, 0.29) is 0 Å². The topological polar surface area (TPSA) is 35.8 Å². The average Bonchev–Trinajstić information content (AvgIpc) is 2.96. The molecule has 2 aromatic rings. The summed E-state index contributed by atoms with van der Waals surface area (Å²) in [7, 11) is 0. The number of nitrogens with zero attached hydrogens (tertiary/aromatic N) is 1. The van der Waals surface area contributed by atoms with Crippen LogP contribution in [0.3, 0.4) is 0 Å². The molecule has 0 radical (unpaired) electrons. The third-order valence-corrected chi connectivity index (χ3v) is 4.09. The molecule has 0 spiro atoms. The van der Waals surface area contributed by atoms with Crippen LogP contribution in [-0.4, -0.2) is 0 Å². The van der Waals surface area contributed by atoms with Gasteiger partial charge in [-0.3, -0.25) is 0 Å². The third kappa shape index (κ3) is 2.70. The van der Waals surface area contributed by atoms with Gasteiger partial charge in [0, 0.05) is 17.5 Å². The highest BCUT2D eigenvalue weighted by atomic mass is 32.1. The molecule has 16 heavy (non-hydrogen) atoms. The van der Waals surface area contributed by atoms with Crippen LogP contribution in [0, 0.1) is 11.3 Å². The molecule has 0 amide bonds. The summed E-state index contributed by atoms with van der Waals surface area (Å²) in [5.74, 6) is 0. The van der Waals surface area contributed by atoms with E-state index in [1.807, 2.05) is 12.1 Å². The van der Waals surface area contributed by atoms with Crippen molar-refractivity contribution < 1.29 is 0 Å². The van der Waals surface area contributed by atoms with Gasteiger partial charge in [-0.15, -0.1) is 11.3 Å². The van der Waals surface area contributed by atoms with Crippen molar-refractivity contribution in [2.24, 2.45) is 0 Å². The third-order valence-electron chi connectivity index (χ3n) is 2.40. The molecule has 2 aromatic heterocycles. The molecule has 2 nitrogen and oxygen atoms in total. The molecule has 4 heteroatoms. The van der Waals surface area contributed by atoms with Gasteiger partial charge in [-0.2, -0.15) is 16.6 Å². The van der Waals surface area contributed by atoms with Gasteiger partial charge in [-0.25, -0.2) is 0 Å². The van der Waals surface area contributed by atoms with E-state index in [0.717, 1.165) is 11.4 Å². The van der Waals surface area contributed by atoms with Gasteiger partial charge in [0.1, 0.15) is 10.9 Å². The van der Waals surface area contributed by atoms with Gasteiger partial charge in [-0.1, -0.05) is 0 Å². The van der Waals surface area contributed by atoms with E-state index in [1.165, 1.54) is 10.4 Å². The minimum absolute atomic E-state index is 0.360. The molecule has 1 N–H and O–H groups in total. The highest BCUT2D eigenvalue weighted by molar-refractivity contribution is 7.12. The number of hydrogen-bond donors (Lipinski definition) is 1. The molecular formula is C12H12N2S2. The molecule has 2 heterocycles. The number of hydrogen-bond acceptors (Lipinski definition) is 4. The van der Waals surface area contributed by atoms with E-state index in [2.05, 4.69) is 35.1 Å². The van der Waals surface area contributed by atoms with Gasteiger partial charge < -0.3 is 5.32 Å². The standard InChI is InChI=1S/C12H12N2S2/c1-9(10-4-5-15-8-10)14-7-12-3-2-11(6-13)16-12/h2-5,8-9,14H,7H2,1H3. The molecule has 0 bridgehead atoms. The fourth-order valence-corrected chi connectivity index (χ4v) is 2.94. The predicted octanol–water partition coefficient (Wildman–Crippen LogP) is 3.53. The summed E-state index contributed by atoms with van der Waals surface area (Å²) >= 11 is 3.27. The van der Waals surface area contributed by atoms with Gasteiger partial charge in [0.25, 0.3) is 0 Å². The lowest BCUT2D eigenvalue weighted by atomic mass is 10.2. The van der Waals surface area contributed by atoms with Gasteiger partial charge in [0.2, 0.25) is 0 Å². The molecule has 0 aliphatic rings. The minimum Gasteiger partial charge on any atom is -0.305 e. The van der Waals surface area contributed by atoms with Crippen LogP contribution in [0.4, 0.5) is 0 Å². The fraction of sp³-hybridized carbons (Fsp3) is 0.250. The SMILES string of the molecule is CC(NCc1ccc(C#N)s1)c1ccsc1. The number of thiophene rings is 2. The van der Waals surface area contributed by atoms with Crippen LogP contribution < -0.4 is 5.32 Å². The lowest BCUT2D eigenvalue weighted by Gasteiger charge is -2.10. The van der Waals surface area contributed by atoms with Crippen LogP contribution in [0.5, 0.6) is 0 Å². The molecule has 1 unspecified atom stereocenters. The van der Waals surface area contributed by atoms with E-state index in [4.69, 9.17) is 5.26 Å². The Kier molecular flexibility index (Phi) is 3.73. The fourth-order valence-electron chi connectivity index (χ4n) is 1.43. The smallest absolute Gasteiger partial charge is 0.110 e. The first kappa shape index (κ1) is 11.3. The molecule has 1 atom stereocenters. The van der Waals surface area contributed by atoms with E-state index >= 15 is 0 Å². The summed E-state index contributed by atoms with van der Waals surface area (Å²) in [5, 5.41) is 16.4. The maximum absolute atomic E-state index is 8.72. The van der Waals surface area contributed by atoms with E-state index in [9.17, 15) is 0 Å². The highest BCUT2D eigenvalue weighted by Crippen LogP contribution is 2.19. The summed E-state index contributed by atoms with van der Waals surface area (Å²) in [6.07, 6.45) is 0. The number of rotatable bonds is 4. The van der Waals surface area contributed by atoms with Crippen molar-refractivity contribution in [1.29, 1.82) is 5.26 Å². The Bertz CT molecular complexity index is 479. The van der Waals surface area contributed by atoms with Crippen LogP contribution in [0.25, 0.3) is 0 Å². The second-order valence-electron chi connectivity index (χ2n) is 3.54. The van der Waals surface area contributed by atoms with Gasteiger partial charge in [0.15, 0.2) is 0 Å². The van der Waals surface area contributed by atoms with Crippen molar-refractivity contribution in [2.45, 2.75) is 19.5 Å². The molecule has 0 aromatic carbocycles. The molecule has 2 rings (SSSR count). The van der Waals surface area contributed by atoms with Crippen molar-refractivity contribution in [3.8, 4) is 6.07 Å². The molecular weight excluding hydrogens is 236 g/mol. The highest BCUT2D eigenvalue weighted by Gasteiger charge is 2.05. The minimum atomic E-state index is 0.360. The molecule has 0 saturated carbocycles. The van der Waals surface area contributed by atoms with Crippen molar-refractivity contribution >= 4 is 22.7 Å². The normalized spacial score (nSPS) is 12.2. The van der Waals surface area contributed by atoms with Gasteiger partial charge in [-0.05, 0) is 41.4 Å². The zero-order valence-electron chi connectivity index (χ0n) is 8.93. The largest absolute Gasteiger partial charge is 0.305 e. The number of nitriles is 1. The van der Waals surface area contributed by atoms with E-state index in [0.29, 0.717) is 6.04 Å². The second kappa shape index (κ2) is 5.26. The zero-order chi connectivity index (χ0) is 11.4. The first-order valence-corrected chi connectivity index (χ1v) is 6.80. The van der Waals surface area contributed by atoms with Crippen molar-refractivity contribution in [2.75, 3.05) is 0 Å². The maximum atomic E-state index is 8.72. The van der Waals surface area contributed by atoms with Crippen LogP contribution >= 0.6 is 22.7 Å². The summed E-state index contributed by atoms with van der Waals surface area (Å²) in [4.78, 5) is 1.98.